The van der Waals surface area contributed by atoms with E-state index in [1.165, 1.54) is 17.3 Å². The molecular weight excluding hydrogens is 310 g/mol. The van der Waals surface area contributed by atoms with Crippen molar-refractivity contribution in [3.63, 3.8) is 0 Å². The van der Waals surface area contributed by atoms with Crippen LogP contribution in [0.3, 0.4) is 0 Å². The number of rotatable bonds is 5. The third-order valence-electron chi connectivity index (χ3n) is 4.06. The summed E-state index contributed by atoms with van der Waals surface area (Å²) in [6, 6.07) is 1.60. The van der Waals surface area contributed by atoms with Gasteiger partial charge in [0.05, 0.1) is 6.61 Å². The van der Waals surface area contributed by atoms with E-state index >= 15 is 0 Å². The van der Waals surface area contributed by atoms with Crippen LogP contribution in [0.4, 0.5) is 4.79 Å². The topological polar surface area (TPSA) is 89.5 Å². The first-order valence-corrected chi connectivity index (χ1v) is 8.14. The van der Waals surface area contributed by atoms with Gasteiger partial charge in [-0.05, 0) is 12.5 Å². The first-order chi connectivity index (χ1) is 11.4. The average Bonchev–Trinajstić information content (AvgIpc) is 2.57. The molecule has 1 aliphatic rings. The Labute approximate surface area is 141 Å². The van der Waals surface area contributed by atoms with Gasteiger partial charge in [-0.15, -0.1) is 0 Å². The maximum Gasteiger partial charge on any atom is 0.409 e. The molecule has 0 spiro atoms. The van der Waals surface area contributed by atoms with E-state index in [0.29, 0.717) is 6.61 Å². The molecule has 2 heterocycles. The molecule has 1 fully saturated rings. The number of ketones is 2. The van der Waals surface area contributed by atoms with E-state index in [0.717, 1.165) is 12.8 Å². The molecule has 0 bridgehead atoms. The summed E-state index contributed by atoms with van der Waals surface area (Å²) in [5, 5.41) is 0. The molecule has 0 aliphatic carbocycles. The van der Waals surface area contributed by atoms with E-state index in [4.69, 9.17) is 4.74 Å². The fourth-order valence-electron chi connectivity index (χ4n) is 2.71. The standard InChI is InChI=1S/C17H23N3O4/c1-4-5-9-24-16(23)20-10-12(14(22)17(2,3)11-20)13(21)15-18-7-6-8-19-15/h6-8,12H,4-5,9-11H2,1-3H3/t12-/m1/s1. The van der Waals surface area contributed by atoms with Crippen LogP contribution in [0.15, 0.2) is 18.5 Å². The quantitative estimate of drug-likeness (QED) is 0.466. The van der Waals surface area contributed by atoms with Crippen LogP contribution in [0, 0.1) is 11.3 Å². The summed E-state index contributed by atoms with van der Waals surface area (Å²) in [6.45, 7) is 6.03. The number of piperidine rings is 1. The van der Waals surface area contributed by atoms with Crippen molar-refractivity contribution in [2.45, 2.75) is 33.6 Å². The van der Waals surface area contributed by atoms with Crippen LogP contribution < -0.4 is 0 Å². The SMILES string of the molecule is CCCCOC(=O)N1C[C@H](C(=O)c2ncccn2)C(=O)C(C)(C)C1. The van der Waals surface area contributed by atoms with Gasteiger partial charge in [0, 0.05) is 30.9 Å². The number of nitrogens with zero attached hydrogens (tertiary/aromatic N) is 3. The molecule has 0 unspecified atom stereocenters. The molecule has 0 radical (unpaired) electrons. The van der Waals surface area contributed by atoms with E-state index in [2.05, 4.69) is 9.97 Å². The minimum absolute atomic E-state index is 0.00428. The van der Waals surface area contributed by atoms with Crippen molar-refractivity contribution in [3.05, 3.63) is 24.3 Å². The summed E-state index contributed by atoms with van der Waals surface area (Å²) in [5.74, 6) is -1.62. The minimum atomic E-state index is -0.963. The maximum absolute atomic E-state index is 12.6. The molecule has 7 nitrogen and oxygen atoms in total. The first kappa shape index (κ1) is 18.0. The first-order valence-electron chi connectivity index (χ1n) is 8.14. The highest BCUT2D eigenvalue weighted by atomic mass is 16.6. The van der Waals surface area contributed by atoms with E-state index < -0.39 is 23.2 Å². The van der Waals surface area contributed by atoms with Crippen molar-refractivity contribution >= 4 is 17.7 Å². The van der Waals surface area contributed by atoms with Crippen molar-refractivity contribution in [3.8, 4) is 0 Å². The van der Waals surface area contributed by atoms with Crippen LogP contribution in [0.2, 0.25) is 0 Å². The number of amides is 1. The molecule has 130 valence electrons. The van der Waals surface area contributed by atoms with Crippen LogP contribution in [0.5, 0.6) is 0 Å². The van der Waals surface area contributed by atoms with Gasteiger partial charge in [0.25, 0.3) is 0 Å². The van der Waals surface area contributed by atoms with Gasteiger partial charge in [0.15, 0.2) is 11.6 Å². The van der Waals surface area contributed by atoms with E-state index in [9.17, 15) is 14.4 Å². The van der Waals surface area contributed by atoms with Crippen molar-refractivity contribution < 1.29 is 19.1 Å². The van der Waals surface area contributed by atoms with Crippen LogP contribution in [-0.4, -0.2) is 52.2 Å². The van der Waals surface area contributed by atoms with Crippen LogP contribution >= 0.6 is 0 Å². The van der Waals surface area contributed by atoms with Gasteiger partial charge in [-0.3, -0.25) is 9.59 Å². The summed E-state index contributed by atoms with van der Waals surface area (Å²) < 4.78 is 5.22. The molecule has 1 atom stereocenters. The number of unbranched alkanes of at least 4 members (excludes halogenated alkanes) is 1. The number of Topliss-reactive ketones (excluding diaryl/α,β-unsaturated/α-hetero) is 2. The van der Waals surface area contributed by atoms with Gasteiger partial charge in [0.2, 0.25) is 5.78 Å². The Hall–Kier alpha value is -2.31. The molecule has 1 saturated heterocycles. The molecule has 0 saturated carbocycles. The molecule has 0 aromatic carbocycles. The Bertz CT molecular complexity index is 616. The lowest BCUT2D eigenvalue weighted by atomic mass is 9.75. The Kier molecular flexibility index (Phi) is 5.64. The highest BCUT2D eigenvalue weighted by Gasteiger charge is 2.46. The molecule has 2 rings (SSSR count). The third kappa shape index (κ3) is 3.96. The lowest BCUT2D eigenvalue weighted by Gasteiger charge is -2.39. The fraction of sp³-hybridized carbons (Fsp3) is 0.588. The minimum Gasteiger partial charge on any atom is -0.449 e. The van der Waals surface area contributed by atoms with Gasteiger partial charge in [-0.25, -0.2) is 14.8 Å². The van der Waals surface area contributed by atoms with E-state index in [-0.39, 0.29) is 24.7 Å². The molecule has 1 aliphatic heterocycles. The lowest BCUT2D eigenvalue weighted by molar-refractivity contribution is -0.134. The average molecular weight is 333 g/mol. The van der Waals surface area contributed by atoms with Crippen LogP contribution in [0.1, 0.15) is 44.2 Å². The van der Waals surface area contributed by atoms with Crippen LogP contribution in [-0.2, 0) is 9.53 Å². The highest BCUT2D eigenvalue weighted by Crippen LogP contribution is 2.30. The molecule has 24 heavy (non-hydrogen) atoms. The number of carbonyl (C=O) groups excluding carboxylic acids is 3. The van der Waals surface area contributed by atoms with Crippen LogP contribution in [0.25, 0.3) is 0 Å². The predicted molar refractivity (Wildman–Crippen MR) is 86.5 cm³/mol. The van der Waals surface area contributed by atoms with Crippen molar-refractivity contribution in [1.29, 1.82) is 0 Å². The summed E-state index contributed by atoms with van der Waals surface area (Å²) >= 11 is 0. The monoisotopic (exact) mass is 333 g/mol. The second-order valence-electron chi connectivity index (χ2n) is 6.59. The van der Waals surface area contributed by atoms with Gasteiger partial charge in [-0.1, -0.05) is 27.2 Å². The molecule has 0 N–H and O–H groups in total. The van der Waals surface area contributed by atoms with Gasteiger partial charge >= 0.3 is 6.09 Å². The van der Waals surface area contributed by atoms with Gasteiger partial charge in [-0.2, -0.15) is 0 Å². The highest BCUT2D eigenvalue weighted by molar-refractivity contribution is 6.11. The Balaban J connectivity index is 2.16. The molecule has 1 amide bonds. The summed E-state index contributed by atoms with van der Waals surface area (Å²) in [7, 11) is 0. The van der Waals surface area contributed by atoms with Crippen molar-refractivity contribution in [1.82, 2.24) is 14.9 Å². The zero-order valence-electron chi connectivity index (χ0n) is 14.3. The largest absolute Gasteiger partial charge is 0.449 e. The number of hydrogen-bond donors (Lipinski definition) is 0. The third-order valence-corrected chi connectivity index (χ3v) is 4.06. The molecule has 1 aromatic heterocycles. The Morgan fingerprint density at radius 1 is 1.33 bits per heavy atom. The fourth-order valence-corrected chi connectivity index (χ4v) is 2.71. The van der Waals surface area contributed by atoms with Crippen molar-refractivity contribution in [2.75, 3.05) is 19.7 Å². The van der Waals surface area contributed by atoms with Gasteiger partial charge in [0.1, 0.15) is 5.92 Å². The van der Waals surface area contributed by atoms with E-state index in [1.807, 2.05) is 6.92 Å². The second-order valence-corrected chi connectivity index (χ2v) is 6.59. The number of carbonyl (C=O) groups is 3. The number of likely N-dealkylation sites (tertiary alicyclic amines) is 1. The smallest absolute Gasteiger partial charge is 0.409 e. The van der Waals surface area contributed by atoms with Crippen molar-refractivity contribution in [2.24, 2.45) is 11.3 Å². The Morgan fingerprint density at radius 2 is 2.00 bits per heavy atom. The molecule has 1 aromatic rings. The number of aromatic nitrogens is 2. The second kappa shape index (κ2) is 7.51. The normalized spacial score (nSPS) is 19.9. The zero-order valence-corrected chi connectivity index (χ0v) is 14.3. The molecular formula is C17H23N3O4. The maximum atomic E-state index is 12.6. The summed E-state index contributed by atoms with van der Waals surface area (Å²) in [6.07, 6.45) is 4.12. The predicted octanol–water partition coefficient (Wildman–Crippen LogP) is 2.12. The number of hydrogen-bond acceptors (Lipinski definition) is 6. The van der Waals surface area contributed by atoms with E-state index in [1.54, 1.807) is 19.9 Å². The summed E-state index contributed by atoms with van der Waals surface area (Å²) in [4.78, 5) is 46.7. The van der Waals surface area contributed by atoms with Gasteiger partial charge < -0.3 is 9.64 Å². The number of ether oxygens (including phenoxy) is 1. The zero-order chi connectivity index (χ0) is 17.7. The summed E-state index contributed by atoms with van der Waals surface area (Å²) in [5.41, 5.74) is -0.822. The lowest BCUT2D eigenvalue weighted by Crippen LogP contribution is -2.55. The Morgan fingerprint density at radius 3 is 2.62 bits per heavy atom. The molecule has 7 heteroatoms.